The molecule has 204 valence electrons. The molecule has 0 unspecified atom stereocenters. The summed E-state index contributed by atoms with van der Waals surface area (Å²) in [6, 6.07) is 3.54. The zero-order valence-corrected chi connectivity index (χ0v) is 23.5. The quantitative estimate of drug-likeness (QED) is 0.422. The molecule has 0 saturated carbocycles. The number of halogens is 1. The van der Waals surface area contributed by atoms with E-state index in [0.717, 1.165) is 50.3 Å². The van der Waals surface area contributed by atoms with Crippen molar-refractivity contribution in [1.29, 1.82) is 0 Å². The van der Waals surface area contributed by atoms with Gasteiger partial charge in [-0.3, -0.25) is 14.4 Å². The molecule has 0 amide bonds. The lowest BCUT2D eigenvalue weighted by atomic mass is 9.72. The van der Waals surface area contributed by atoms with Crippen molar-refractivity contribution in [1.82, 2.24) is 19.5 Å². The molecule has 1 fully saturated rings. The van der Waals surface area contributed by atoms with Crippen molar-refractivity contribution in [2.45, 2.75) is 67.6 Å². The molecule has 3 aromatic rings. The first-order valence-corrected chi connectivity index (χ1v) is 14.2. The first kappa shape index (κ1) is 26.2. The van der Waals surface area contributed by atoms with Crippen LogP contribution in [-0.2, 0) is 6.54 Å². The molecule has 1 aromatic carbocycles. The van der Waals surface area contributed by atoms with E-state index in [4.69, 9.17) is 23.1 Å². The minimum absolute atomic E-state index is 0.00414. The second kappa shape index (κ2) is 9.58. The van der Waals surface area contributed by atoms with Crippen molar-refractivity contribution in [2.24, 2.45) is 16.1 Å². The largest absolute Gasteiger partial charge is 0.389 e. The van der Waals surface area contributed by atoms with E-state index >= 15 is 0 Å². The van der Waals surface area contributed by atoms with E-state index < -0.39 is 5.60 Å². The Labute approximate surface area is 235 Å². The van der Waals surface area contributed by atoms with Crippen LogP contribution in [0.5, 0.6) is 0 Å². The Morgan fingerprint density at radius 2 is 2.03 bits per heavy atom. The lowest BCUT2D eigenvalue weighted by Gasteiger charge is -2.43. The molecule has 3 aliphatic rings. The van der Waals surface area contributed by atoms with Gasteiger partial charge in [0.15, 0.2) is 5.82 Å². The maximum absolute atomic E-state index is 13.1. The molecule has 12 heteroatoms. The van der Waals surface area contributed by atoms with Gasteiger partial charge in [0.2, 0.25) is 0 Å². The summed E-state index contributed by atoms with van der Waals surface area (Å²) < 4.78 is 1.36. The van der Waals surface area contributed by atoms with E-state index in [0.29, 0.717) is 21.3 Å². The number of hydrogen-bond acceptors (Lipinski definition) is 10. The molecule has 1 atom stereocenters. The first-order valence-electron chi connectivity index (χ1n) is 13.0. The van der Waals surface area contributed by atoms with Gasteiger partial charge < -0.3 is 21.5 Å². The van der Waals surface area contributed by atoms with E-state index in [9.17, 15) is 9.90 Å². The third kappa shape index (κ3) is 4.71. The summed E-state index contributed by atoms with van der Waals surface area (Å²) in [7, 11) is 0. The number of nitrogens with two attached hydrogens (primary N) is 2. The smallest absolute Gasteiger partial charge is 0.262 e. The van der Waals surface area contributed by atoms with Crippen LogP contribution in [0.2, 0.25) is 5.02 Å². The highest BCUT2D eigenvalue weighted by molar-refractivity contribution is 7.99. The van der Waals surface area contributed by atoms with Crippen LogP contribution in [0.3, 0.4) is 0 Å². The van der Waals surface area contributed by atoms with E-state index in [2.05, 4.69) is 24.8 Å². The maximum atomic E-state index is 13.1. The van der Waals surface area contributed by atoms with Gasteiger partial charge in [0.25, 0.3) is 5.56 Å². The van der Waals surface area contributed by atoms with Crippen LogP contribution in [0.4, 0.5) is 11.6 Å². The van der Waals surface area contributed by atoms with Gasteiger partial charge in [0, 0.05) is 30.6 Å². The first-order chi connectivity index (χ1) is 18.5. The molecule has 2 aromatic heterocycles. The van der Waals surface area contributed by atoms with Crippen molar-refractivity contribution in [3.8, 4) is 0 Å². The zero-order chi connectivity index (χ0) is 27.5. The van der Waals surface area contributed by atoms with E-state index in [1.54, 1.807) is 32.2 Å². The molecule has 2 aliphatic heterocycles. The van der Waals surface area contributed by atoms with Crippen molar-refractivity contribution in [3.63, 3.8) is 0 Å². The summed E-state index contributed by atoms with van der Waals surface area (Å²) in [6.45, 7) is 5.02. The van der Waals surface area contributed by atoms with Gasteiger partial charge in [0.05, 0.1) is 52.3 Å². The minimum Gasteiger partial charge on any atom is -0.389 e. The fourth-order valence-corrected chi connectivity index (χ4v) is 7.07. The zero-order valence-electron chi connectivity index (χ0n) is 21.9. The predicted octanol–water partition coefficient (Wildman–Crippen LogP) is 3.39. The number of benzene rings is 1. The number of nitrogen functional groups attached to an aromatic ring is 1. The number of aromatic nitrogens is 4. The van der Waals surface area contributed by atoms with E-state index in [1.807, 2.05) is 6.21 Å². The molecular weight excluding hydrogens is 536 g/mol. The Balaban J connectivity index is 1.19. The number of anilines is 2. The molecule has 5 N–H and O–H groups in total. The molecule has 1 spiro atoms. The maximum Gasteiger partial charge on any atom is 0.262 e. The minimum atomic E-state index is -1.08. The number of fused-ring (bicyclic) bond motifs is 1. The Hall–Kier alpha value is -2.99. The lowest BCUT2D eigenvalue weighted by molar-refractivity contribution is 0.0603. The average Bonchev–Trinajstić information content (AvgIpc) is 3.44. The Kier molecular flexibility index (Phi) is 6.45. The van der Waals surface area contributed by atoms with E-state index in [1.165, 1.54) is 28.2 Å². The predicted molar refractivity (Wildman–Crippen MR) is 154 cm³/mol. The van der Waals surface area contributed by atoms with Gasteiger partial charge in [-0.25, -0.2) is 15.0 Å². The van der Waals surface area contributed by atoms with Crippen molar-refractivity contribution in [2.75, 3.05) is 23.7 Å². The summed E-state index contributed by atoms with van der Waals surface area (Å²) in [4.78, 5) is 34.1. The number of allylic oxidation sites excluding steroid dienone is 1. The highest BCUT2D eigenvalue weighted by Gasteiger charge is 2.48. The number of rotatable bonds is 5. The Bertz CT molecular complexity index is 1590. The molecule has 6 rings (SSSR count). The van der Waals surface area contributed by atoms with Crippen LogP contribution in [-0.4, -0.2) is 55.6 Å². The monoisotopic (exact) mass is 566 g/mol. The fourth-order valence-electron chi connectivity index (χ4n) is 5.92. The van der Waals surface area contributed by atoms with Gasteiger partial charge >= 0.3 is 0 Å². The molecule has 1 aliphatic carbocycles. The topological polar surface area (TPSA) is 149 Å². The van der Waals surface area contributed by atoms with E-state index in [-0.39, 0.29) is 34.0 Å². The second-order valence-corrected chi connectivity index (χ2v) is 12.7. The molecule has 1 saturated heterocycles. The number of nitrogens with zero attached hydrogens (tertiary/aromatic N) is 6. The molecular formula is C27H31ClN8O2S. The van der Waals surface area contributed by atoms with Crippen LogP contribution in [0.25, 0.3) is 10.9 Å². The average molecular weight is 567 g/mol. The Morgan fingerprint density at radius 3 is 2.72 bits per heavy atom. The molecule has 4 heterocycles. The SMILES string of the molecule is CC(C)(O)Cn1cnc2ccc(Sc3ncc(N4CCC5(CC4)CC4=C(N=CC4)[C@H]5N)nc3N)c(Cl)c2c1=O. The Morgan fingerprint density at radius 1 is 1.26 bits per heavy atom. The van der Waals surface area contributed by atoms with Crippen LogP contribution < -0.4 is 21.9 Å². The van der Waals surface area contributed by atoms with Crippen LogP contribution >= 0.6 is 23.4 Å². The van der Waals surface area contributed by atoms with Crippen LogP contribution in [0.15, 0.2) is 55.6 Å². The fraction of sp³-hybridized carbons (Fsp3) is 0.444. The van der Waals surface area contributed by atoms with Crippen molar-refractivity contribution >= 4 is 52.1 Å². The van der Waals surface area contributed by atoms with Gasteiger partial charge in [0.1, 0.15) is 10.8 Å². The lowest BCUT2D eigenvalue weighted by Crippen LogP contribution is -2.48. The van der Waals surface area contributed by atoms with Gasteiger partial charge in [-0.2, -0.15) is 0 Å². The number of piperidine rings is 1. The van der Waals surface area contributed by atoms with Gasteiger partial charge in [-0.05, 0) is 56.2 Å². The highest BCUT2D eigenvalue weighted by atomic mass is 35.5. The summed E-state index contributed by atoms with van der Waals surface area (Å²) in [5.74, 6) is 1.03. The molecule has 39 heavy (non-hydrogen) atoms. The molecule has 10 nitrogen and oxygen atoms in total. The third-order valence-electron chi connectivity index (χ3n) is 7.94. The van der Waals surface area contributed by atoms with Crippen molar-refractivity contribution in [3.05, 3.63) is 51.3 Å². The normalized spacial score (nSPS) is 20.4. The van der Waals surface area contributed by atoms with Crippen molar-refractivity contribution < 1.29 is 5.11 Å². The van der Waals surface area contributed by atoms with Gasteiger partial charge in [-0.1, -0.05) is 23.4 Å². The highest BCUT2D eigenvalue weighted by Crippen LogP contribution is 2.51. The summed E-state index contributed by atoms with van der Waals surface area (Å²) >= 11 is 7.95. The number of aliphatic imine (C=N–C) groups is 1. The van der Waals surface area contributed by atoms with Gasteiger partial charge in [-0.15, -0.1) is 0 Å². The second-order valence-electron chi connectivity index (χ2n) is 11.3. The summed E-state index contributed by atoms with van der Waals surface area (Å²) in [6.07, 6.45) is 9.05. The summed E-state index contributed by atoms with van der Waals surface area (Å²) in [5, 5.41) is 11.2. The number of hydrogen-bond donors (Lipinski definition) is 3. The summed E-state index contributed by atoms with van der Waals surface area (Å²) in [5.41, 5.74) is 14.7. The molecule has 0 bridgehead atoms. The third-order valence-corrected chi connectivity index (χ3v) is 9.52. The standard InChI is InChI=1S/C27H31ClN8O2S/c1-26(2,38)13-36-14-33-16-3-4-17(20(28)19(16)25(36)37)39-24-23(30)34-18(12-32-24)35-9-6-27(7-10-35)11-15-5-8-31-21(15)22(27)29/h3-4,8,12,14,22,38H,5-7,9-11,13,29H2,1-2H3,(H2,30,34)/t22-/m1/s1. The molecule has 0 radical (unpaired) electrons. The number of aliphatic hydroxyl groups is 1. The van der Waals surface area contributed by atoms with Crippen LogP contribution in [0.1, 0.15) is 39.5 Å². The van der Waals surface area contributed by atoms with Crippen LogP contribution in [0, 0.1) is 5.41 Å².